The Morgan fingerprint density at radius 1 is 1.55 bits per heavy atom. The van der Waals surface area contributed by atoms with E-state index in [2.05, 4.69) is 6.58 Å². The highest BCUT2D eigenvalue weighted by molar-refractivity contribution is 7.14. The number of Topliss-reactive ketones (excluding diaryl/α,β-unsaturated/α-hetero) is 1. The van der Waals surface area contributed by atoms with Crippen LogP contribution in [0, 0.1) is 6.92 Å². The third kappa shape index (κ3) is 1.77. The van der Waals surface area contributed by atoms with Crippen molar-refractivity contribution >= 4 is 17.1 Å². The van der Waals surface area contributed by atoms with Gasteiger partial charge in [-0.3, -0.25) is 4.79 Å². The van der Waals surface area contributed by atoms with Gasteiger partial charge in [0.25, 0.3) is 0 Å². The number of ketones is 1. The molecular weight excluding hydrogens is 156 g/mol. The molecule has 0 atom stereocenters. The minimum atomic E-state index is 0.0584. The molecule has 1 heterocycles. The summed E-state index contributed by atoms with van der Waals surface area (Å²) in [4.78, 5) is 13.2. The van der Waals surface area contributed by atoms with Gasteiger partial charge in [0, 0.05) is 4.88 Å². The maximum absolute atomic E-state index is 11.3. The van der Waals surface area contributed by atoms with Crippen molar-refractivity contribution in [1.29, 1.82) is 0 Å². The van der Waals surface area contributed by atoms with Gasteiger partial charge < -0.3 is 0 Å². The molecule has 0 N–H and O–H groups in total. The first-order valence-corrected chi connectivity index (χ1v) is 4.19. The molecule has 0 aliphatic heterocycles. The zero-order valence-corrected chi connectivity index (χ0v) is 7.49. The number of thiophene rings is 1. The molecule has 0 fully saturated rings. The van der Waals surface area contributed by atoms with Crippen LogP contribution in [0.5, 0.6) is 0 Å². The highest BCUT2D eigenvalue weighted by atomic mass is 32.1. The summed E-state index contributed by atoms with van der Waals surface area (Å²) in [5, 5.41) is 0. The van der Waals surface area contributed by atoms with Gasteiger partial charge in [0.1, 0.15) is 0 Å². The van der Waals surface area contributed by atoms with E-state index < -0.39 is 0 Å². The second kappa shape index (κ2) is 3.01. The maximum Gasteiger partial charge on any atom is 0.198 e. The highest BCUT2D eigenvalue weighted by Gasteiger charge is 2.07. The molecule has 11 heavy (non-hydrogen) atoms. The van der Waals surface area contributed by atoms with Gasteiger partial charge in [0.2, 0.25) is 0 Å². The van der Waals surface area contributed by atoms with E-state index in [0.29, 0.717) is 5.57 Å². The summed E-state index contributed by atoms with van der Waals surface area (Å²) in [6, 6.07) is 3.79. The van der Waals surface area contributed by atoms with Crippen molar-refractivity contribution in [3.05, 3.63) is 34.0 Å². The Kier molecular flexibility index (Phi) is 2.25. The average molecular weight is 166 g/mol. The second-order valence-electron chi connectivity index (χ2n) is 2.52. The fraction of sp³-hybridized carbons (Fsp3) is 0.222. The fourth-order valence-electron chi connectivity index (χ4n) is 0.767. The Hall–Kier alpha value is -0.890. The number of hydrogen-bond acceptors (Lipinski definition) is 2. The minimum absolute atomic E-state index is 0.0584. The van der Waals surface area contributed by atoms with Gasteiger partial charge in [-0.05, 0) is 31.6 Å². The van der Waals surface area contributed by atoms with Crippen molar-refractivity contribution in [2.45, 2.75) is 13.8 Å². The first kappa shape index (κ1) is 8.21. The molecule has 0 amide bonds. The SMILES string of the molecule is C=C(C)C(=O)c1ccc(C)s1. The molecule has 1 aromatic heterocycles. The average Bonchev–Trinajstić information content (AvgIpc) is 2.34. The van der Waals surface area contributed by atoms with Crippen LogP contribution in [-0.4, -0.2) is 5.78 Å². The molecular formula is C9H10OS. The summed E-state index contributed by atoms with van der Waals surface area (Å²) in [5.74, 6) is 0.0584. The van der Waals surface area contributed by atoms with E-state index in [1.54, 1.807) is 6.92 Å². The lowest BCUT2D eigenvalue weighted by Gasteiger charge is -1.91. The first-order valence-electron chi connectivity index (χ1n) is 3.38. The molecule has 1 rings (SSSR count). The highest BCUT2D eigenvalue weighted by Crippen LogP contribution is 2.17. The molecule has 0 aromatic carbocycles. The number of aryl methyl sites for hydroxylation is 1. The van der Waals surface area contributed by atoms with Gasteiger partial charge in [-0.25, -0.2) is 0 Å². The standard InChI is InChI=1S/C9H10OS/c1-6(2)9(10)8-5-4-7(3)11-8/h4-5H,1H2,2-3H3. The number of hydrogen-bond donors (Lipinski definition) is 0. The molecule has 0 saturated heterocycles. The third-order valence-corrected chi connectivity index (χ3v) is 2.35. The number of allylic oxidation sites excluding steroid dienone is 1. The summed E-state index contributed by atoms with van der Waals surface area (Å²) in [6.07, 6.45) is 0. The minimum Gasteiger partial charge on any atom is -0.288 e. The summed E-state index contributed by atoms with van der Waals surface area (Å²) in [5.41, 5.74) is 0.604. The molecule has 0 aliphatic carbocycles. The predicted octanol–water partition coefficient (Wildman–Crippen LogP) is 2.82. The quantitative estimate of drug-likeness (QED) is 0.487. The largest absolute Gasteiger partial charge is 0.288 e. The van der Waals surface area contributed by atoms with Crippen LogP contribution in [0.2, 0.25) is 0 Å². The smallest absolute Gasteiger partial charge is 0.198 e. The number of rotatable bonds is 2. The Balaban J connectivity index is 2.94. The summed E-state index contributed by atoms with van der Waals surface area (Å²) < 4.78 is 0. The Labute approximate surface area is 70.4 Å². The van der Waals surface area contributed by atoms with Gasteiger partial charge in [0.05, 0.1) is 4.88 Å². The molecule has 0 spiro atoms. The molecule has 0 bridgehead atoms. The Morgan fingerprint density at radius 3 is 2.55 bits per heavy atom. The van der Waals surface area contributed by atoms with E-state index in [-0.39, 0.29) is 5.78 Å². The Morgan fingerprint density at radius 2 is 2.18 bits per heavy atom. The van der Waals surface area contributed by atoms with Crippen LogP contribution in [0.1, 0.15) is 21.5 Å². The van der Waals surface area contributed by atoms with Crippen molar-refractivity contribution < 1.29 is 4.79 Å². The van der Waals surface area contributed by atoms with Gasteiger partial charge >= 0.3 is 0 Å². The zero-order chi connectivity index (χ0) is 8.43. The lowest BCUT2D eigenvalue weighted by atomic mass is 10.2. The molecule has 58 valence electrons. The van der Waals surface area contributed by atoms with E-state index >= 15 is 0 Å². The Bertz CT molecular complexity index is 296. The first-order chi connectivity index (χ1) is 5.11. The van der Waals surface area contributed by atoms with Crippen LogP contribution in [0.25, 0.3) is 0 Å². The van der Waals surface area contributed by atoms with E-state index in [9.17, 15) is 4.79 Å². The van der Waals surface area contributed by atoms with Crippen LogP contribution in [-0.2, 0) is 0 Å². The normalized spacial score (nSPS) is 9.64. The molecule has 0 unspecified atom stereocenters. The summed E-state index contributed by atoms with van der Waals surface area (Å²) in [7, 11) is 0. The molecule has 1 nitrogen and oxygen atoms in total. The van der Waals surface area contributed by atoms with Gasteiger partial charge in [0.15, 0.2) is 5.78 Å². The van der Waals surface area contributed by atoms with E-state index in [1.165, 1.54) is 11.3 Å². The predicted molar refractivity (Wildman–Crippen MR) is 48.2 cm³/mol. The van der Waals surface area contributed by atoms with Crippen molar-refractivity contribution in [3.63, 3.8) is 0 Å². The molecule has 0 radical (unpaired) electrons. The zero-order valence-electron chi connectivity index (χ0n) is 6.68. The topological polar surface area (TPSA) is 17.1 Å². The van der Waals surface area contributed by atoms with Gasteiger partial charge in [-0.1, -0.05) is 6.58 Å². The van der Waals surface area contributed by atoms with Gasteiger partial charge in [-0.15, -0.1) is 11.3 Å². The molecule has 0 saturated carbocycles. The van der Waals surface area contributed by atoms with Crippen LogP contribution in [0.3, 0.4) is 0 Å². The van der Waals surface area contributed by atoms with E-state index in [0.717, 1.165) is 9.75 Å². The molecule has 0 aliphatic rings. The van der Waals surface area contributed by atoms with Crippen molar-refractivity contribution in [2.75, 3.05) is 0 Å². The third-order valence-electron chi connectivity index (χ3n) is 1.35. The van der Waals surface area contributed by atoms with Crippen LogP contribution in [0.4, 0.5) is 0 Å². The van der Waals surface area contributed by atoms with Crippen LogP contribution < -0.4 is 0 Å². The lowest BCUT2D eigenvalue weighted by molar-refractivity contribution is 0.103. The van der Waals surface area contributed by atoms with Crippen molar-refractivity contribution in [3.8, 4) is 0 Å². The van der Waals surface area contributed by atoms with Gasteiger partial charge in [-0.2, -0.15) is 0 Å². The molecule has 2 heteroatoms. The van der Waals surface area contributed by atoms with E-state index in [1.807, 2.05) is 19.1 Å². The second-order valence-corrected chi connectivity index (χ2v) is 3.81. The summed E-state index contributed by atoms with van der Waals surface area (Å²) in [6.45, 7) is 7.32. The number of carbonyl (C=O) groups is 1. The van der Waals surface area contributed by atoms with Crippen molar-refractivity contribution in [1.82, 2.24) is 0 Å². The van der Waals surface area contributed by atoms with Crippen LogP contribution >= 0.6 is 11.3 Å². The lowest BCUT2D eigenvalue weighted by Crippen LogP contribution is -1.94. The van der Waals surface area contributed by atoms with E-state index in [4.69, 9.17) is 0 Å². The molecule has 1 aromatic rings. The summed E-state index contributed by atoms with van der Waals surface area (Å²) >= 11 is 1.51. The monoisotopic (exact) mass is 166 g/mol. The number of carbonyl (C=O) groups excluding carboxylic acids is 1. The van der Waals surface area contributed by atoms with Crippen molar-refractivity contribution in [2.24, 2.45) is 0 Å². The fourth-order valence-corrected chi connectivity index (χ4v) is 1.65. The maximum atomic E-state index is 11.3. The van der Waals surface area contributed by atoms with Crippen LogP contribution in [0.15, 0.2) is 24.3 Å².